The van der Waals surface area contributed by atoms with Crippen LogP contribution in [-0.2, 0) is 0 Å². The van der Waals surface area contributed by atoms with Crippen LogP contribution < -0.4 is 4.74 Å². The molecule has 1 heterocycles. The Bertz CT molecular complexity index is 602. The average Bonchev–Trinajstić information content (AvgIpc) is 2.55. The van der Waals surface area contributed by atoms with Gasteiger partial charge in [0.1, 0.15) is 12.4 Å². The van der Waals surface area contributed by atoms with Crippen molar-refractivity contribution in [1.82, 2.24) is 9.97 Å². The number of ether oxygens (including phenoxy) is 1. The van der Waals surface area contributed by atoms with Crippen LogP contribution >= 0.6 is 0 Å². The Morgan fingerprint density at radius 3 is 1.70 bits per heavy atom. The van der Waals surface area contributed by atoms with Gasteiger partial charge in [0.15, 0.2) is 5.75 Å². The van der Waals surface area contributed by atoms with E-state index in [1.807, 2.05) is 36.4 Å². The highest BCUT2D eigenvalue weighted by atomic mass is 16.5. The van der Waals surface area contributed by atoms with E-state index < -0.39 is 0 Å². The highest BCUT2D eigenvalue weighted by Crippen LogP contribution is 2.27. The third kappa shape index (κ3) is 2.83. The molecule has 0 bridgehead atoms. The van der Waals surface area contributed by atoms with Crippen LogP contribution in [0.1, 0.15) is 17.2 Å². The van der Waals surface area contributed by atoms with Crippen LogP contribution in [0.3, 0.4) is 0 Å². The number of rotatable bonds is 4. The highest BCUT2D eigenvalue weighted by molar-refractivity contribution is 5.31. The van der Waals surface area contributed by atoms with Gasteiger partial charge in [-0.2, -0.15) is 0 Å². The molecule has 1 aromatic heterocycles. The Labute approximate surface area is 117 Å². The van der Waals surface area contributed by atoms with Crippen molar-refractivity contribution >= 4 is 0 Å². The normalized spacial score (nSPS) is 10.4. The molecule has 0 saturated heterocycles. The molecule has 0 amide bonds. The summed E-state index contributed by atoms with van der Waals surface area (Å²) in [5.74, 6) is 0.658. The van der Waals surface area contributed by atoms with Crippen molar-refractivity contribution in [2.75, 3.05) is 0 Å². The van der Waals surface area contributed by atoms with Gasteiger partial charge in [-0.25, -0.2) is 9.97 Å². The zero-order valence-electron chi connectivity index (χ0n) is 10.9. The predicted octanol–water partition coefficient (Wildman–Crippen LogP) is 3.65. The predicted molar refractivity (Wildman–Crippen MR) is 77.4 cm³/mol. The van der Waals surface area contributed by atoms with Crippen molar-refractivity contribution in [2.45, 2.75) is 6.10 Å². The van der Waals surface area contributed by atoms with Crippen molar-refractivity contribution in [3.8, 4) is 5.75 Å². The minimum absolute atomic E-state index is 0.164. The van der Waals surface area contributed by atoms with Crippen LogP contribution in [0.15, 0.2) is 79.4 Å². The second kappa shape index (κ2) is 5.97. The molecule has 0 fully saturated rings. The second-order valence-corrected chi connectivity index (χ2v) is 4.39. The molecule has 0 radical (unpaired) electrons. The van der Waals surface area contributed by atoms with Crippen molar-refractivity contribution in [3.63, 3.8) is 0 Å². The van der Waals surface area contributed by atoms with Gasteiger partial charge in [0.25, 0.3) is 0 Å². The lowest BCUT2D eigenvalue weighted by Crippen LogP contribution is -2.09. The standard InChI is InChI=1S/C17H14N2O/c1-3-7-14(8-4-1)17(15-9-5-2-6-10-15)20-16-11-18-13-19-12-16/h1-13,17H. The maximum atomic E-state index is 6.06. The van der Waals surface area contributed by atoms with Gasteiger partial charge < -0.3 is 4.74 Å². The van der Waals surface area contributed by atoms with Crippen molar-refractivity contribution in [3.05, 3.63) is 90.5 Å². The number of nitrogens with zero attached hydrogens (tertiary/aromatic N) is 2. The van der Waals surface area contributed by atoms with Gasteiger partial charge >= 0.3 is 0 Å². The molecule has 0 atom stereocenters. The van der Waals surface area contributed by atoms with Crippen LogP contribution in [-0.4, -0.2) is 9.97 Å². The molecule has 3 rings (SSSR count). The van der Waals surface area contributed by atoms with Gasteiger partial charge in [0.05, 0.1) is 12.4 Å². The maximum Gasteiger partial charge on any atom is 0.157 e. The fraction of sp³-hybridized carbons (Fsp3) is 0.0588. The van der Waals surface area contributed by atoms with Crippen molar-refractivity contribution in [2.24, 2.45) is 0 Å². The first-order valence-electron chi connectivity index (χ1n) is 6.45. The topological polar surface area (TPSA) is 35.0 Å². The summed E-state index contributed by atoms with van der Waals surface area (Å²) < 4.78 is 6.06. The first-order chi connectivity index (χ1) is 9.93. The van der Waals surface area contributed by atoms with Crippen molar-refractivity contribution in [1.29, 1.82) is 0 Å². The van der Waals surface area contributed by atoms with E-state index in [0.29, 0.717) is 5.75 Å². The third-order valence-electron chi connectivity index (χ3n) is 3.00. The van der Waals surface area contributed by atoms with E-state index in [1.54, 1.807) is 12.4 Å². The average molecular weight is 262 g/mol. The number of aromatic nitrogens is 2. The Morgan fingerprint density at radius 1 is 0.700 bits per heavy atom. The van der Waals surface area contributed by atoms with E-state index in [9.17, 15) is 0 Å². The second-order valence-electron chi connectivity index (χ2n) is 4.39. The first kappa shape index (κ1) is 12.4. The molecule has 3 nitrogen and oxygen atoms in total. The lowest BCUT2D eigenvalue weighted by molar-refractivity contribution is 0.245. The van der Waals surface area contributed by atoms with Crippen LogP contribution in [0.4, 0.5) is 0 Å². The van der Waals surface area contributed by atoms with Gasteiger partial charge in [-0.1, -0.05) is 60.7 Å². The Balaban J connectivity index is 1.96. The number of hydrogen-bond acceptors (Lipinski definition) is 3. The summed E-state index contributed by atoms with van der Waals surface area (Å²) >= 11 is 0. The third-order valence-corrected chi connectivity index (χ3v) is 3.00. The largest absolute Gasteiger partial charge is 0.478 e. The molecule has 3 aromatic rings. The summed E-state index contributed by atoms with van der Waals surface area (Å²) in [4.78, 5) is 7.98. The zero-order chi connectivity index (χ0) is 13.6. The molecule has 0 spiro atoms. The van der Waals surface area contributed by atoms with Crippen LogP contribution in [0.25, 0.3) is 0 Å². The fourth-order valence-corrected chi connectivity index (χ4v) is 2.07. The molecule has 0 aliphatic carbocycles. The van der Waals surface area contributed by atoms with E-state index in [2.05, 4.69) is 34.2 Å². The Hall–Kier alpha value is -2.68. The molecular weight excluding hydrogens is 248 g/mol. The lowest BCUT2D eigenvalue weighted by atomic mass is 10.0. The van der Waals surface area contributed by atoms with Crippen molar-refractivity contribution < 1.29 is 4.74 Å². The molecule has 0 saturated carbocycles. The van der Waals surface area contributed by atoms with E-state index in [1.165, 1.54) is 6.33 Å². The van der Waals surface area contributed by atoms with E-state index in [-0.39, 0.29) is 6.10 Å². The summed E-state index contributed by atoms with van der Waals surface area (Å²) in [5.41, 5.74) is 2.20. The summed E-state index contributed by atoms with van der Waals surface area (Å²) in [5, 5.41) is 0. The molecule has 2 aromatic carbocycles. The van der Waals surface area contributed by atoms with Gasteiger partial charge in [-0.15, -0.1) is 0 Å². The quantitative estimate of drug-likeness (QED) is 0.720. The molecule has 0 aliphatic heterocycles. The summed E-state index contributed by atoms with van der Waals surface area (Å²) in [7, 11) is 0. The minimum Gasteiger partial charge on any atom is -0.478 e. The van der Waals surface area contributed by atoms with Gasteiger partial charge in [-0.05, 0) is 11.1 Å². The molecule has 0 unspecified atom stereocenters. The monoisotopic (exact) mass is 262 g/mol. The number of hydrogen-bond donors (Lipinski definition) is 0. The van der Waals surface area contributed by atoms with Crippen LogP contribution in [0.5, 0.6) is 5.75 Å². The zero-order valence-corrected chi connectivity index (χ0v) is 10.9. The van der Waals surface area contributed by atoms with Gasteiger partial charge in [0.2, 0.25) is 0 Å². The van der Waals surface area contributed by atoms with Gasteiger partial charge in [0, 0.05) is 0 Å². The molecule has 3 heteroatoms. The van der Waals surface area contributed by atoms with Crippen LogP contribution in [0, 0.1) is 0 Å². The van der Waals surface area contributed by atoms with E-state index in [4.69, 9.17) is 4.74 Å². The maximum absolute atomic E-state index is 6.06. The van der Waals surface area contributed by atoms with E-state index in [0.717, 1.165) is 11.1 Å². The molecule has 98 valence electrons. The summed E-state index contributed by atoms with van der Waals surface area (Å²) in [6.07, 6.45) is 4.67. The molecule has 0 aliphatic rings. The molecule has 0 N–H and O–H groups in total. The highest BCUT2D eigenvalue weighted by Gasteiger charge is 2.15. The number of benzene rings is 2. The summed E-state index contributed by atoms with van der Waals surface area (Å²) in [6.45, 7) is 0. The van der Waals surface area contributed by atoms with E-state index >= 15 is 0 Å². The smallest absolute Gasteiger partial charge is 0.157 e. The Kier molecular flexibility index (Phi) is 3.69. The van der Waals surface area contributed by atoms with Gasteiger partial charge in [-0.3, -0.25) is 0 Å². The molecular formula is C17H14N2O. The fourth-order valence-electron chi connectivity index (χ4n) is 2.07. The Morgan fingerprint density at radius 2 is 1.20 bits per heavy atom. The lowest BCUT2D eigenvalue weighted by Gasteiger charge is -2.19. The SMILES string of the molecule is c1ccc(C(Oc2cncnc2)c2ccccc2)cc1. The first-order valence-corrected chi connectivity index (χ1v) is 6.45. The summed E-state index contributed by atoms with van der Waals surface area (Å²) in [6, 6.07) is 20.3. The molecule has 20 heavy (non-hydrogen) atoms. The van der Waals surface area contributed by atoms with Crippen LogP contribution in [0.2, 0.25) is 0 Å². The minimum atomic E-state index is -0.164.